The molecule has 0 atom stereocenters. The van der Waals surface area contributed by atoms with Gasteiger partial charge in [-0.2, -0.15) is 0 Å². The zero-order valence-corrected chi connectivity index (χ0v) is 13.3. The fourth-order valence-corrected chi connectivity index (χ4v) is 3.00. The highest BCUT2D eigenvalue weighted by Crippen LogP contribution is 2.32. The van der Waals surface area contributed by atoms with Crippen molar-refractivity contribution in [2.45, 2.75) is 18.5 Å². The molecule has 0 fully saturated rings. The Balaban J connectivity index is 2.31. The molecule has 0 amide bonds. The predicted octanol–water partition coefficient (Wildman–Crippen LogP) is 3.61. The van der Waals surface area contributed by atoms with Crippen molar-refractivity contribution >= 4 is 40.1 Å². The Bertz CT molecular complexity index is 735. The molecule has 1 aliphatic rings. The summed E-state index contributed by atoms with van der Waals surface area (Å²) in [6.45, 7) is 3.41. The first-order valence-corrected chi connectivity index (χ1v) is 8.19. The topological polar surface area (TPSA) is 41.9 Å². The zero-order valence-electron chi connectivity index (χ0n) is 11.7. The average molecular weight is 325 g/mol. The maximum atomic E-state index is 14.3. The number of thioether (sulfide) groups is 1. The third kappa shape index (κ3) is 2.58. The molecule has 0 radical (unpaired) electrons. The minimum Gasteiger partial charge on any atom is -0.352 e. The highest BCUT2D eigenvalue weighted by Gasteiger charge is 2.21. The summed E-state index contributed by atoms with van der Waals surface area (Å²) in [5.74, 6) is 0.151. The Labute approximate surface area is 131 Å². The van der Waals surface area contributed by atoms with Crippen molar-refractivity contribution in [3.63, 3.8) is 0 Å². The Morgan fingerprint density at radius 2 is 2.10 bits per heavy atom. The second-order valence-corrected chi connectivity index (χ2v) is 5.90. The summed E-state index contributed by atoms with van der Waals surface area (Å²) in [5, 5.41) is 1.04. The number of rotatable bonds is 2. The van der Waals surface area contributed by atoms with Crippen LogP contribution in [0.2, 0.25) is 5.15 Å². The molecular formula is C14H14ClFN4S. The standard InChI is InChI=1S/C14H14ClFN4S/c1-8-9-11(10(16)12(15)17-8)18-14(21-2)19-13(9)20-6-4-3-5-7-20/h3-4H,5-7H2,1-2H3. The van der Waals surface area contributed by atoms with Crippen LogP contribution in [0.3, 0.4) is 0 Å². The number of hydrogen-bond acceptors (Lipinski definition) is 5. The van der Waals surface area contributed by atoms with E-state index in [0.29, 0.717) is 16.2 Å². The van der Waals surface area contributed by atoms with Gasteiger partial charge in [0.15, 0.2) is 16.1 Å². The molecule has 110 valence electrons. The van der Waals surface area contributed by atoms with E-state index < -0.39 is 5.82 Å². The van der Waals surface area contributed by atoms with Crippen molar-refractivity contribution in [3.8, 4) is 0 Å². The van der Waals surface area contributed by atoms with Crippen LogP contribution in [0.4, 0.5) is 10.2 Å². The molecular weight excluding hydrogens is 311 g/mol. The van der Waals surface area contributed by atoms with E-state index in [1.54, 1.807) is 6.92 Å². The Morgan fingerprint density at radius 1 is 1.29 bits per heavy atom. The van der Waals surface area contributed by atoms with Gasteiger partial charge in [0.05, 0.1) is 11.1 Å². The number of pyridine rings is 1. The van der Waals surface area contributed by atoms with Crippen LogP contribution in [-0.4, -0.2) is 34.3 Å². The molecule has 0 unspecified atom stereocenters. The van der Waals surface area contributed by atoms with Crippen LogP contribution in [0.15, 0.2) is 17.3 Å². The summed E-state index contributed by atoms with van der Waals surface area (Å²) in [6.07, 6.45) is 7.04. The summed E-state index contributed by atoms with van der Waals surface area (Å²) < 4.78 is 14.3. The fourth-order valence-electron chi connectivity index (χ4n) is 2.42. The van der Waals surface area contributed by atoms with Gasteiger partial charge < -0.3 is 4.90 Å². The predicted molar refractivity (Wildman–Crippen MR) is 84.8 cm³/mol. The average Bonchev–Trinajstić information content (AvgIpc) is 2.52. The third-order valence-corrected chi connectivity index (χ3v) is 4.22. The molecule has 3 heterocycles. The molecule has 0 aliphatic carbocycles. The lowest BCUT2D eigenvalue weighted by atomic mass is 10.2. The van der Waals surface area contributed by atoms with E-state index in [2.05, 4.69) is 32.0 Å². The molecule has 0 saturated carbocycles. The van der Waals surface area contributed by atoms with E-state index in [4.69, 9.17) is 11.6 Å². The summed E-state index contributed by atoms with van der Waals surface area (Å²) in [4.78, 5) is 15.0. The van der Waals surface area contributed by atoms with Gasteiger partial charge >= 0.3 is 0 Å². The molecule has 0 N–H and O–H groups in total. The second kappa shape index (κ2) is 5.77. The molecule has 2 aromatic heterocycles. The minimum atomic E-state index is -0.580. The van der Waals surface area contributed by atoms with Crippen LogP contribution in [-0.2, 0) is 0 Å². The van der Waals surface area contributed by atoms with Crippen LogP contribution in [0.25, 0.3) is 10.9 Å². The number of halogens is 2. The van der Waals surface area contributed by atoms with E-state index in [9.17, 15) is 4.39 Å². The monoisotopic (exact) mass is 324 g/mol. The van der Waals surface area contributed by atoms with E-state index in [-0.39, 0.29) is 10.7 Å². The Morgan fingerprint density at radius 3 is 2.76 bits per heavy atom. The minimum absolute atomic E-state index is 0.143. The smallest absolute Gasteiger partial charge is 0.189 e. The quantitative estimate of drug-likeness (QED) is 0.365. The lowest BCUT2D eigenvalue weighted by molar-refractivity contribution is 0.628. The zero-order chi connectivity index (χ0) is 15.0. The number of aromatic nitrogens is 3. The van der Waals surface area contributed by atoms with Crippen LogP contribution in [0.1, 0.15) is 12.1 Å². The molecule has 4 nitrogen and oxygen atoms in total. The van der Waals surface area contributed by atoms with E-state index in [1.807, 2.05) is 6.26 Å². The summed E-state index contributed by atoms with van der Waals surface area (Å²) in [6, 6.07) is 0. The van der Waals surface area contributed by atoms with Gasteiger partial charge in [-0.15, -0.1) is 0 Å². The number of nitrogens with zero attached hydrogens (tertiary/aromatic N) is 4. The van der Waals surface area contributed by atoms with Crippen molar-refractivity contribution in [2.75, 3.05) is 24.2 Å². The summed E-state index contributed by atoms with van der Waals surface area (Å²) >= 11 is 7.23. The SMILES string of the molecule is CSc1nc(N2CC=CCC2)c2c(C)nc(Cl)c(F)c2n1. The summed E-state index contributed by atoms with van der Waals surface area (Å²) in [5.41, 5.74) is 0.894. The van der Waals surface area contributed by atoms with Crippen molar-refractivity contribution in [1.29, 1.82) is 0 Å². The number of aryl methyl sites for hydroxylation is 1. The largest absolute Gasteiger partial charge is 0.352 e. The van der Waals surface area contributed by atoms with E-state index in [1.165, 1.54) is 11.8 Å². The number of anilines is 1. The Hall–Kier alpha value is -1.40. The highest BCUT2D eigenvalue weighted by atomic mass is 35.5. The molecule has 3 rings (SSSR count). The Kier molecular flexibility index (Phi) is 3.99. The maximum absolute atomic E-state index is 14.3. The first-order chi connectivity index (χ1) is 10.1. The van der Waals surface area contributed by atoms with Gasteiger partial charge in [0, 0.05) is 13.1 Å². The molecule has 21 heavy (non-hydrogen) atoms. The van der Waals surface area contributed by atoms with Gasteiger partial charge in [-0.1, -0.05) is 35.5 Å². The van der Waals surface area contributed by atoms with Gasteiger partial charge in [-0.3, -0.25) is 0 Å². The van der Waals surface area contributed by atoms with Crippen molar-refractivity contribution in [2.24, 2.45) is 0 Å². The molecule has 0 aromatic carbocycles. The van der Waals surface area contributed by atoms with Crippen LogP contribution >= 0.6 is 23.4 Å². The van der Waals surface area contributed by atoms with Gasteiger partial charge in [0.25, 0.3) is 0 Å². The molecule has 0 saturated heterocycles. The fraction of sp³-hybridized carbons (Fsp3) is 0.357. The van der Waals surface area contributed by atoms with Crippen molar-refractivity contribution in [1.82, 2.24) is 15.0 Å². The molecule has 0 bridgehead atoms. The second-order valence-electron chi connectivity index (χ2n) is 4.77. The first-order valence-electron chi connectivity index (χ1n) is 6.59. The summed E-state index contributed by atoms with van der Waals surface area (Å²) in [7, 11) is 0. The molecule has 2 aromatic rings. The number of fused-ring (bicyclic) bond motifs is 1. The van der Waals surface area contributed by atoms with Gasteiger partial charge in [0.2, 0.25) is 0 Å². The van der Waals surface area contributed by atoms with Gasteiger partial charge in [-0.25, -0.2) is 19.3 Å². The first kappa shape index (κ1) is 14.5. The molecule has 0 spiro atoms. The van der Waals surface area contributed by atoms with Crippen molar-refractivity contribution < 1.29 is 4.39 Å². The lowest BCUT2D eigenvalue weighted by Gasteiger charge is -2.26. The molecule has 7 heteroatoms. The highest BCUT2D eigenvalue weighted by molar-refractivity contribution is 7.98. The maximum Gasteiger partial charge on any atom is 0.189 e. The molecule has 1 aliphatic heterocycles. The van der Waals surface area contributed by atoms with Crippen LogP contribution in [0, 0.1) is 12.7 Å². The van der Waals surface area contributed by atoms with Gasteiger partial charge in [-0.05, 0) is 19.6 Å². The van der Waals surface area contributed by atoms with E-state index in [0.717, 1.165) is 25.3 Å². The normalized spacial score (nSPS) is 15.0. The van der Waals surface area contributed by atoms with Crippen LogP contribution < -0.4 is 4.90 Å². The van der Waals surface area contributed by atoms with E-state index >= 15 is 0 Å². The lowest BCUT2D eigenvalue weighted by Crippen LogP contribution is -2.28. The van der Waals surface area contributed by atoms with Gasteiger partial charge in [0.1, 0.15) is 11.3 Å². The third-order valence-electron chi connectivity index (χ3n) is 3.43. The number of hydrogen-bond donors (Lipinski definition) is 0. The van der Waals surface area contributed by atoms with Crippen LogP contribution in [0.5, 0.6) is 0 Å². The van der Waals surface area contributed by atoms with Crippen molar-refractivity contribution in [3.05, 3.63) is 28.8 Å².